The molecule has 3 nitrogen and oxygen atoms in total. The topological polar surface area (TPSA) is 50.1 Å². The van der Waals surface area contributed by atoms with Crippen LogP contribution in [0.3, 0.4) is 0 Å². The monoisotopic (exact) mass is 239 g/mol. The molecule has 0 saturated heterocycles. The molecule has 90 valence electrons. The average molecular weight is 239 g/mol. The fourth-order valence-corrected chi connectivity index (χ4v) is 1.59. The third-order valence-electron chi connectivity index (χ3n) is 2.29. The van der Waals surface area contributed by atoms with Gasteiger partial charge in [-0.3, -0.25) is 4.79 Å². The van der Waals surface area contributed by atoms with E-state index in [1.165, 1.54) is 19.1 Å². The smallest absolute Gasteiger partial charge is 0.387 e. The van der Waals surface area contributed by atoms with Crippen molar-refractivity contribution in [3.05, 3.63) is 28.8 Å². The first-order chi connectivity index (χ1) is 7.99. The second-order valence-electron chi connectivity index (χ2n) is 3.40. The summed E-state index contributed by atoms with van der Waals surface area (Å²) in [6.45, 7) is 0.0718. The standard InChI is InChI=1S/C12H11F2NO2/c1-3-9-10(7(2)16)4-8(6-15)5-11(9)17-12(13)14/h4-5,12H,3H2,1-2H3. The van der Waals surface area contributed by atoms with Crippen LogP contribution in [0.4, 0.5) is 8.78 Å². The molecule has 0 heterocycles. The van der Waals surface area contributed by atoms with Crippen LogP contribution in [0, 0.1) is 11.3 Å². The zero-order valence-electron chi connectivity index (χ0n) is 9.46. The Morgan fingerprint density at radius 3 is 2.59 bits per heavy atom. The first kappa shape index (κ1) is 13.1. The number of carbonyl (C=O) groups is 1. The second-order valence-corrected chi connectivity index (χ2v) is 3.40. The van der Waals surface area contributed by atoms with Gasteiger partial charge in [0.05, 0.1) is 11.6 Å². The minimum absolute atomic E-state index is 0.105. The van der Waals surface area contributed by atoms with Crippen LogP contribution in [-0.4, -0.2) is 12.4 Å². The van der Waals surface area contributed by atoms with Crippen molar-refractivity contribution in [1.82, 2.24) is 0 Å². The zero-order valence-corrected chi connectivity index (χ0v) is 9.46. The predicted molar refractivity (Wildman–Crippen MR) is 57.2 cm³/mol. The highest BCUT2D eigenvalue weighted by Gasteiger charge is 2.16. The number of benzene rings is 1. The van der Waals surface area contributed by atoms with Gasteiger partial charge in [0, 0.05) is 11.1 Å². The van der Waals surface area contributed by atoms with E-state index in [0.29, 0.717) is 12.0 Å². The molecule has 0 spiro atoms. The quantitative estimate of drug-likeness (QED) is 0.759. The normalized spacial score (nSPS) is 10.1. The Morgan fingerprint density at radius 1 is 1.53 bits per heavy atom. The number of Topliss-reactive ketones (excluding diaryl/α,β-unsaturated/α-hetero) is 1. The zero-order chi connectivity index (χ0) is 13.0. The summed E-state index contributed by atoms with van der Waals surface area (Å²) in [7, 11) is 0. The van der Waals surface area contributed by atoms with Crippen LogP contribution in [0.5, 0.6) is 5.75 Å². The summed E-state index contributed by atoms with van der Waals surface area (Å²) in [5.41, 5.74) is 0.780. The summed E-state index contributed by atoms with van der Waals surface area (Å²) in [4.78, 5) is 11.4. The summed E-state index contributed by atoms with van der Waals surface area (Å²) in [5, 5.41) is 8.76. The van der Waals surface area contributed by atoms with Gasteiger partial charge in [0.15, 0.2) is 5.78 Å². The van der Waals surface area contributed by atoms with Crippen molar-refractivity contribution in [1.29, 1.82) is 5.26 Å². The van der Waals surface area contributed by atoms with Gasteiger partial charge in [-0.2, -0.15) is 14.0 Å². The highest BCUT2D eigenvalue weighted by molar-refractivity contribution is 5.96. The van der Waals surface area contributed by atoms with Crippen LogP contribution in [0.1, 0.15) is 35.3 Å². The summed E-state index contributed by atoms with van der Waals surface area (Å²) < 4.78 is 28.8. The van der Waals surface area contributed by atoms with E-state index < -0.39 is 6.61 Å². The molecule has 0 aliphatic rings. The highest BCUT2D eigenvalue weighted by Crippen LogP contribution is 2.27. The summed E-state index contributed by atoms with van der Waals surface area (Å²) >= 11 is 0. The lowest BCUT2D eigenvalue weighted by atomic mass is 9.98. The molecule has 0 N–H and O–H groups in total. The van der Waals surface area contributed by atoms with Gasteiger partial charge >= 0.3 is 6.61 Å². The fraction of sp³-hybridized carbons (Fsp3) is 0.333. The molecule has 0 atom stereocenters. The predicted octanol–water partition coefficient (Wildman–Crippen LogP) is 2.92. The third kappa shape index (κ3) is 3.00. The molecular weight excluding hydrogens is 228 g/mol. The summed E-state index contributed by atoms with van der Waals surface area (Å²) in [6, 6.07) is 4.42. The SMILES string of the molecule is CCc1c(OC(F)F)cc(C#N)cc1C(C)=O. The van der Waals surface area contributed by atoms with Crippen LogP contribution in [-0.2, 0) is 6.42 Å². The molecular formula is C12H11F2NO2. The van der Waals surface area contributed by atoms with Gasteiger partial charge in [-0.25, -0.2) is 0 Å². The van der Waals surface area contributed by atoms with Gasteiger partial charge in [-0.15, -0.1) is 0 Å². The van der Waals surface area contributed by atoms with E-state index in [-0.39, 0.29) is 22.7 Å². The second kappa shape index (κ2) is 5.39. The number of carbonyl (C=O) groups excluding carboxylic acids is 1. The van der Waals surface area contributed by atoms with E-state index in [9.17, 15) is 13.6 Å². The van der Waals surface area contributed by atoms with Crippen LogP contribution < -0.4 is 4.74 Å². The molecule has 0 aromatic heterocycles. The Morgan fingerprint density at radius 2 is 2.18 bits per heavy atom. The Bertz CT molecular complexity index is 478. The molecule has 0 unspecified atom stereocenters. The number of hydrogen-bond acceptors (Lipinski definition) is 3. The van der Waals surface area contributed by atoms with Crippen molar-refractivity contribution in [3.8, 4) is 11.8 Å². The minimum atomic E-state index is -2.98. The summed E-state index contributed by atoms with van der Waals surface area (Å²) in [5.74, 6) is -0.384. The Balaban J connectivity index is 3.40. The molecule has 0 saturated carbocycles. The van der Waals surface area contributed by atoms with E-state index in [0.717, 1.165) is 0 Å². The van der Waals surface area contributed by atoms with Crippen molar-refractivity contribution in [2.45, 2.75) is 26.9 Å². The number of hydrogen-bond donors (Lipinski definition) is 0. The highest BCUT2D eigenvalue weighted by atomic mass is 19.3. The van der Waals surface area contributed by atoms with Crippen molar-refractivity contribution in [2.24, 2.45) is 0 Å². The molecule has 5 heteroatoms. The summed E-state index contributed by atoms with van der Waals surface area (Å²) in [6.07, 6.45) is 0.378. The molecule has 0 aliphatic carbocycles. The van der Waals surface area contributed by atoms with Crippen LogP contribution in [0.15, 0.2) is 12.1 Å². The van der Waals surface area contributed by atoms with Gasteiger partial charge in [-0.1, -0.05) is 6.92 Å². The lowest BCUT2D eigenvalue weighted by molar-refractivity contribution is -0.0504. The molecule has 1 aromatic carbocycles. The molecule has 0 radical (unpaired) electrons. The molecule has 0 amide bonds. The number of rotatable bonds is 4. The first-order valence-corrected chi connectivity index (χ1v) is 5.02. The van der Waals surface area contributed by atoms with E-state index >= 15 is 0 Å². The maximum atomic E-state index is 12.2. The van der Waals surface area contributed by atoms with E-state index in [2.05, 4.69) is 4.74 Å². The molecule has 17 heavy (non-hydrogen) atoms. The van der Waals surface area contributed by atoms with Crippen molar-refractivity contribution in [2.75, 3.05) is 0 Å². The van der Waals surface area contributed by atoms with Crippen molar-refractivity contribution < 1.29 is 18.3 Å². The number of nitriles is 1. The van der Waals surface area contributed by atoms with Crippen LogP contribution in [0.2, 0.25) is 0 Å². The lowest BCUT2D eigenvalue weighted by Crippen LogP contribution is -2.08. The van der Waals surface area contributed by atoms with E-state index in [1.807, 2.05) is 6.07 Å². The maximum absolute atomic E-state index is 12.2. The Kier molecular flexibility index (Phi) is 4.16. The molecule has 0 bridgehead atoms. The average Bonchev–Trinajstić information content (AvgIpc) is 2.26. The molecule has 0 aliphatic heterocycles. The minimum Gasteiger partial charge on any atom is -0.434 e. The van der Waals surface area contributed by atoms with Crippen LogP contribution in [0.25, 0.3) is 0 Å². The van der Waals surface area contributed by atoms with Gasteiger partial charge in [0.1, 0.15) is 5.75 Å². The number of halogens is 2. The van der Waals surface area contributed by atoms with Crippen molar-refractivity contribution in [3.63, 3.8) is 0 Å². The molecule has 1 rings (SSSR count). The molecule has 1 aromatic rings. The Labute approximate surface area is 97.6 Å². The largest absolute Gasteiger partial charge is 0.434 e. The van der Waals surface area contributed by atoms with Gasteiger partial charge in [0.2, 0.25) is 0 Å². The number of ether oxygens (including phenoxy) is 1. The molecule has 0 fully saturated rings. The lowest BCUT2D eigenvalue weighted by Gasteiger charge is -2.13. The third-order valence-corrected chi connectivity index (χ3v) is 2.29. The van der Waals surface area contributed by atoms with E-state index in [4.69, 9.17) is 5.26 Å². The van der Waals surface area contributed by atoms with Gasteiger partial charge in [-0.05, 0) is 25.5 Å². The van der Waals surface area contributed by atoms with E-state index in [1.54, 1.807) is 6.92 Å². The first-order valence-electron chi connectivity index (χ1n) is 5.02. The van der Waals surface area contributed by atoms with Gasteiger partial charge in [0.25, 0.3) is 0 Å². The Hall–Kier alpha value is -1.96. The number of alkyl halides is 2. The number of nitrogens with zero attached hydrogens (tertiary/aromatic N) is 1. The maximum Gasteiger partial charge on any atom is 0.387 e. The van der Waals surface area contributed by atoms with Crippen LogP contribution >= 0.6 is 0 Å². The van der Waals surface area contributed by atoms with Gasteiger partial charge < -0.3 is 4.74 Å². The fourth-order valence-electron chi connectivity index (χ4n) is 1.59. The van der Waals surface area contributed by atoms with Crippen molar-refractivity contribution >= 4 is 5.78 Å². The number of ketones is 1.